The number of aromatic nitrogens is 1. The summed E-state index contributed by atoms with van der Waals surface area (Å²) in [4.78, 5) is 3.39. The summed E-state index contributed by atoms with van der Waals surface area (Å²) in [6, 6.07) is 0. The zero-order valence-electron chi connectivity index (χ0n) is 5.07. The molecular formula is C5H4ClF2NS. The molecule has 0 N–H and O–H groups in total. The van der Waals surface area contributed by atoms with Gasteiger partial charge in [-0.05, 0) is 0 Å². The maximum Gasteiger partial charge on any atom is 0.281 e. The van der Waals surface area contributed by atoms with Crippen LogP contribution in [0.3, 0.4) is 0 Å². The van der Waals surface area contributed by atoms with Gasteiger partial charge in [0.25, 0.3) is 5.92 Å². The second kappa shape index (κ2) is 2.43. The summed E-state index contributed by atoms with van der Waals surface area (Å²) in [5, 5.41) is 0. The van der Waals surface area contributed by atoms with Gasteiger partial charge in [-0.15, -0.1) is 11.3 Å². The van der Waals surface area contributed by atoms with Gasteiger partial charge >= 0.3 is 0 Å². The molecule has 1 aromatic heterocycles. The fourth-order valence-electron chi connectivity index (χ4n) is 0.456. The highest BCUT2D eigenvalue weighted by molar-refractivity contribution is 7.15. The second-order valence-corrected chi connectivity index (χ2v) is 3.48. The van der Waals surface area contributed by atoms with E-state index >= 15 is 0 Å². The summed E-state index contributed by atoms with van der Waals surface area (Å²) in [7, 11) is 0. The van der Waals surface area contributed by atoms with E-state index in [1.807, 2.05) is 0 Å². The lowest BCUT2D eigenvalue weighted by Crippen LogP contribution is -2.03. The maximum atomic E-state index is 12.4. The number of nitrogens with zero attached hydrogens (tertiary/aromatic N) is 1. The van der Waals surface area contributed by atoms with E-state index in [4.69, 9.17) is 11.6 Å². The topological polar surface area (TPSA) is 12.9 Å². The Balaban J connectivity index is 2.96. The van der Waals surface area contributed by atoms with Crippen LogP contribution in [-0.2, 0) is 5.92 Å². The standard InChI is InChI=1S/C5H4ClF2NS/c1-5(7,8)3-2-9-4(6)10-3/h2H,1H3. The molecule has 1 rings (SSSR count). The van der Waals surface area contributed by atoms with Crippen molar-refractivity contribution in [2.24, 2.45) is 0 Å². The van der Waals surface area contributed by atoms with Crippen molar-refractivity contribution in [1.82, 2.24) is 4.98 Å². The van der Waals surface area contributed by atoms with Gasteiger partial charge in [0.15, 0.2) is 4.47 Å². The highest BCUT2D eigenvalue weighted by Gasteiger charge is 2.26. The van der Waals surface area contributed by atoms with Crippen LogP contribution >= 0.6 is 22.9 Å². The highest BCUT2D eigenvalue weighted by atomic mass is 35.5. The summed E-state index contributed by atoms with van der Waals surface area (Å²) in [6.07, 6.45) is 1.09. The number of thiazole rings is 1. The van der Waals surface area contributed by atoms with Gasteiger partial charge < -0.3 is 0 Å². The average molecular weight is 184 g/mol. The molecule has 5 heteroatoms. The molecule has 0 unspecified atom stereocenters. The summed E-state index contributed by atoms with van der Waals surface area (Å²) in [6.45, 7) is 0.816. The van der Waals surface area contributed by atoms with E-state index in [2.05, 4.69) is 4.98 Å². The first-order valence-corrected chi connectivity index (χ1v) is 3.69. The molecule has 1 heterocycles. The average Bonchev–Trinajstić information content (AvgIpc) is 2.11. The van der Waals surface area contributed by atoms with Crippen LogP contribution in [0.15, 0.2) is 6.20 Å². The van der Waals surface area contributed by atoms with Gasteiger partial charge in [0.05, 0.1) is 4.88 Å². The van der Waals surface area contributed by atoms with E-state index in [1.54, 1.807) is 0 Å². The Morgan fingerprint density at radius 2 is 2.30 bits per heavy atom. The number of hydrogen-bond donors (Lipinski definition) is 0. The third-order valence-electron chi connectivity index (χ3n) is 0.910. The Labute approximate surface area is 65.7 Å². The highest BCUT2D eigenvalue weighted by Crippen LogP contribution is 2.32. The molecule has 0 aromatic carbocycles. The molecule has 0 bridgehead atoms. The van der Waals surface area contributed by atoms with Crippen LogP contribution in [0.2, 0.25) is 4.47 Å². The first-order valence-electron chi connectivity index (χ1n) is 2.50. The van der Waals surface area contributed by atoms with Gasteiger partial charge in [0.2, 0.25) is 0 Å². The lowest BCUT2D eigenvalue weighted by molar-refractivity contribution is 0.0213. The van der Waals surface area contributed by atoms with Gasteiger partial charge in [-0.25, -0.2) is 13.8 Å². The molecule has 0 aliphatic carbocycles. The van der Waals surface area contributed by atoms with Crippen LogP contribution in [0.5, 0.6) is 0 Å². The largest absolute Gasteiger partial charge is 0.281 e. The third kappa shape index (κ3) is 1.64. The summed E-state index contributed by atoms with van der Waals surface area (Å²) in [5.41, 5.74) is 0. The first-order chi connectivity index (χ1) is 4.50. The Bertz CT molecular complexity index is 230. The van der Waals surface area contributed by atoms with Crippen LogP contribution in [0.25, 0.3) is 0 Å². The van der Waals surface area contributed by atoms with E-state index < -0.39 is 5.92 Å². The van der Waals surface area contributed by atoms with Crippen molar-refractivity contribution in [2.45, 2.75) is 12.8 Å². The molecule has 0 aliphatic rings. The second-order valence-electron chi connectivity index (χ2n) is 1.87. The van der Waals surface area contributed by atoms with Gasteiger partial charge in [-0.2, -0.15) is 0 Å². The van der Waals surface area contributed by atoms with Crippen molar-refractivity contribution < 1.29 is 8.78 Å². The van der Waals surface area contributed by atoms with Gasteiger partial charge in [-0.3, -0.25) is 0 Å². The quantitative estimate of drug-likeness (QED) is 0.653. The number of hydrogen-bond acceptors (Lipinski definition) is 2. The zero-order valence-corrected chi connectivity index (χ0v) is 6.64. The van der Waals surface area contributed by atoms with E-state index in [1.165, 1.54) is 0 Å². The first kappa shape index (κ1) is 7.88. The minimum Gasteiger partial charge on any atom is -0.233 e. The van der Waals surface area contributed by atoms with Crippen LogP contribution in [0.4, 0.5) is 8.78 Å². The Morgan fingerprint density at radius 3 is 2.50 bits per heavy atom. The molecule has 0 amide bonds. The molecule has 10 heavy (non-hydrogen) atoms. The van der Waals surface area contributed by atoms with Crippen molar-refractivity contribution in [3.8, 4) is 0 Å². The number of rotatable bonds is 1. The number of alkyl halides is 2. The van der Waals surface area contributed by atoms with Gasteiger partial charge in [0, 0.05) is 13.1 Å². The fourth-order valence-corrected chi connectivity index (χ4v) is 1.33. The van der Waals surface area contributed by atoms with E-state index in [-0.39, 0.29) is 9.34 Å². The predicted octanol–water partition coefficient (Wildman–Crippen LogP) is 2.91. The molecule has 0 aliphatic heterocycles. The molecule has 0 spiro atoms. The van der Waals surface area contributed by atoms with E-state index in [9.17, 15) is 8.78 Å². The fraction of sp³-hybridized carbons (Fsp3) is 0.400. The minimum absolute atomic E-state index is 0.0995. The number of halogens is 3. The van der Waals surface area contributed by atoms with Crippen molar-refractivity contribution >= 4 is 22.9 Å². The van der Waals surface area contributed by atoms with Crippen LogP contribution in [-0.4, -0.2) is 4.98 Å². The van der Waals surface area contributed by atoms with Crippen LogP contribution in [0, 0.1) is 0 Å². The molecule has 56 valence electrons. The summed E-state index contributed by atoms with van der Waals surface area (Å²) >= 11 is 6.14. The molecule has 1 aromatic rings. The molecule has 0 saturated carbocycles. The lowest BCUT2D eigenvalue weighted by atomic mass is 10.3. The Kier molecular flexibility index (Phi) is 1.92. The maximum absolute atomic E-state index is 12.4. The van der Waals surface area contributed by atoms with Crippen molar-refractivity contribution in [2.75, 3.05) is 0 Å². The Morgan fingerprint density at radius 1 is 1.70 bits per heavy atom. The molecule has 0 fully saturated rings. The smallest absolute Gasteiger partial charge is 0.233 e. The minimum atomic E-state index is -2.81. The molecule has 0 radical (unpaired) electrons. The predicted molar refractivity (Wildman–Crippen MR) is 36.7 cm³/mol. The summed E-state index contributed by atoms with van der Waals surface area (Å²) in [5.74, 6) is -2.81. The molecule has 1 nitrogen and oxygen atoms in total. The third-order valence-corrected chi connectivity index (χ3v) is 2.20. The van der Waals surface area contributed by atoms with Crippen molar-refractivity contribution in [1.29, 1.82) is 0 Å². The van der Waals surface area contributed by atoms with Crippen molar-refractivity contribution in [3.63, 3.8) is 0 Å². The molecule has 0 atom stereocenters. The van der Waals surface area contributed by atoms with Crippen LogP contribution < -0.4 is 0 Å². The normalized spacial score (nSPS) is 12.0. The van der Waals surface area contributed by atoms with Crippen molar-refractivity contribution in [3.05, 3.63) is 15.5 Å². The van der Waals surface area contributed by atoms with Gasteiger partial charge in [0.1, 0.15) is 0 Å². The van der Waals surface area contributed by atoms with E-state index in [0.717, 1.165) is 24.5 Å². The van der Waals surface area contributed by atoms with Gasteiger partial charge in [-0.1, -0.05) is 11.6 Å². The molecule has 0 saturated heterocycles. The SMILES string of the molecule is CC(F)(F)c1cnc(Cl)s1. The summed E-state index contributed by atoms with van der Waals surface area (Å²) < 4.78 is 24.9. The van der Waals surface area contributed by atoms with Crippen LogP contribution in [0.1, 0.15) is 11.8 Å². The molecular weight excluding hydrogens is 180 g/mol. The van der Waals surface area contributed by atoms with E-state index in [0.29, 0.717) is 0 Å². The Hall–Kier alpha value is -0.220. The monoisotopic (exact) mass is 183 g/mol. The lowest BCUT2D eigenvalue weighted by Gasteiger charge is -2.03. The zero-order chi connectivity index (χ0) is 7.78.